The minimum atomic E-state index is -3.75. The highest BCUT2D eigenvalue weighted by Gasteiger charge is 2.27. The Kier molecular flexibility index (Phi) is 6.09. The van der Waals surface area contributed by atoms with Gasteiger partial charge in [0.15, 0.2) is 4.90 Å². The van der Waals surface area contributed by atoms with Crippen LogP contribution in [0, 0.1) is 5.92 Å². The topological polar surface area (TPSA) is 85.9 Å². The van der Waals surface area contributed by atoms with E-state index in [1.165, 1.54) is 33.5 Å². The molecule has 1 aromatic rings. The lowest BCUT2D eigenvalue weighted by molar-refractivity contribution is 0.356. The largest absolute Gasteiger partial charge is 0.496 e. The molecule has 1 fully saturated rings. The molecule has 1 atom stereocenters. The lowest BCUT2D eigenvalue weighted by Crippen LogP contribution is -2.38. The SMILES string of the molecule is COc1cc(OC)c(S(=O)(=O)NCC2CCCNC2)c(OC)c1. The summed E-state index contributed by atoms with van der Waals surface area (Å²) in [5, 5.41) is 3.27. The van der Waals surface area contributed by atoms with Crippen molar-refractivity contribution in [3.63, 3.8) is 0 Å². The Morgan fingerprint density at radius 3 is 2.30 bits per heavy atom. The van der Waals surface area contributed by atoms with Gasteiger partial charge in [-0.05, 0) is 31.8 Å². The van der Waals surface area contributed by atoms with Crippen molar-refractivity contribution in [1.29, 1.82) is 0 Å². The van der Waals surface area contributed by atoms with E-state index in [2.05, 4.69) is 10.0 Å². The zero-order valence-corrected chi connectivity index (χ0v) is 14.5. The molecule has 1 aliphatic rings. The van der Waals surface area contributed by atoms with Gasteiger partial charge in [0, 0.05) is 18.7 Å². The van der Waals surface area contributed by atoms with Crippen LogP contribution in [0.2, 0.25) is 0 Å². The van der Waals surface area contributed by atoms with E-state index in [0.29, 0.717) is 12.3 Å². The molecule has 130 valence electrons. The molecule has 0 radical (unpaired) electrons. The Labute approximate surface area is 137 Å². The summed E-state index contributed by atoms with van der Waals surface area (Å²) in [6.07, 6.45) is 2.06. The minimum absolute atomic E-state index is 0.00734. The second kappa shape index (κ2) is 7.85. The van der Waals surface area contributed by atoms with Crippen molar-refractivity contribution in [2.75, 3.05) is 41.0 Å². The highest BCUT2D eigenvalue weighted by atomic mass is 32.2. The average Bonchev–Trinajstić information content (AvgIpc) is 2.59. The average molecular weight is 344 g/mol. The van der Waals surface area contributed by atoms with Crippen molar-refractivity contribution in [3.8, 4) is 17.2 Å². The number of piperidine rings is 1. The Bertz CT molecular complexity index is 602. The predicted molar refractivity (Wildman–Crippen MR) is 86.9 cm³/mol. The first kappa shape index (κ1) is 17.8. The number of methoxy groups -OCH3 is 3. The highest BCUT2D eigenvalue weighted by Crippen LogP contribution is 2.37. The van der Waals surface area contributed by atoms with Gasteiger partial charge in [0.25, 0.3) is 0 Å². The second-order valence-corrected chi connectivity index (χ2v) is 7.13. The summed E-state index contributed by atoms with van der Waals surface area (Å²) in [7, 11) is 0.573. The second-order valence-electron chi connectivity index (χ2n) is 5.43. The van der Waals surface area contributed by atoms with Crippen LogP contribution < -0.4 is 24.2 Å². The van der Waals surface area contributed by atoms with Gasteiger partial charge in [-0.15, -0.1) is 0 Å². The molecule has 7 nitrogen and oxygen atoms in total. The van der Waals surface area contributed by atoms with Crippen LogP contribution >= 0.6 is 0 Å². The molecule has 2 rings (SSSR count). The van der Waals surface area contributed by atoms with Gasteiger partial charge in [0.1, 0.15) is 17.2 Å². The van der Waals surface area contributed by atoms with Crippen molar-refractivity contribution in [1.82, 2.24) is 10.0 Å². The third-order valence-corrected chi connectivity index (χ3v) is 5.39. The van der Waals surface area contributed by atoms with Gasteiger partial charge in [-0.3, -0.25) is 0 Å². The van der Waals surface area contributed by atoms with E-state index in [1.54, 1.807) is 0 Å². The van der Waals surface area contributed by atoms with Gasteiger partial charge < -0.3 is 19.5 Å². The normalized spacial score (nSPS) is 18.5. The smallest absolute Gasteiger partial charge is 0.247 e. The molecule has 0 bridgehead atoms. The summed E-state index contributed by atoms with van der Waals surface area (Å²) in [5.41, 5.74) is 0. The zero-order valence-electron chi connectivity index (χ0n) is 13.7. The first-order valence-electron chi connectivity index (χ1n) is 7.52. The summed E-state index contributed by atoms with van der Waals surface area (Å²) in [4.78, 5) is -0.00734. The van der Waals surface area contributed by atoms with Crippen molar-refractivity contribution < 1.29 is 22.6 Å². The summed E-state index contributed by atoms with van der Waals surface area (Å²) in [6, 6.07) is 3.05. The van der Waals surface area contributed by atoms with Crippen LogP contribution in [0.1, 0.15) is 12.8 Å². The predicted octanol–water partition coefficient (Wildman–Crippen LogP) is 0.990. The molecule has 0 aromatic heterocycles. The lowest BCUT2D eigenvalue weighted by Gasteiger charge is -2.23. The van der Waals surface area contributed by atoms with Crippen molar-refractivity contribution >= 4 is 10.0 Å². The molecule has 0 amide bonds. The number of rotatable bonds is 7. The quantitative estimate of drug-likeness (QED) is 0.767. The summed E-state index contributed by atoms with van der Waals surface area (Å²) in [6.45, 7) is 2.19. The highest BCUT2D eigenvalue weighted by molar-refractivity contribution is 7.89. The van der Waals surface area contributed by atoms with Crippen molar-refractivity contribution in [3.05, 3.63) is 12.1 Å². The number of benzene rings is 1. The monoisotopic (exact) mass is 344 g/mol. The maximum absolute atomic E-state index is 12.7. The van der Waals surface area contributed by atoms with E-state index in [0.717, 1.165) is 25.9 Å². The van der Waals surface area contributed by atoms with E-state index in [9.17, 15) is 8.42 Å². The third kappa shape index (κ3) is 4.27. The molecule has 1 aromatic carbocycles. The molecule has 0 aliphatic carbocycles. The number of hydrogen-bond acceptors (Lipinski definition) is 6. The molecular weight excluding hydrogens is 320 g/mol. The molecule has 1 heterocycles. The van der Waals surface area contributed by atoms with Gasteiger partial charge in [-0.1, -0.05) is 0 Å². The maximum atomic E-state index is 12.7. The standard InChI is InChI=1S/C15H24N2O5S/c1-20-12-7-13(21-2)15(14(8-12)22-3)23(18,19)17-10-11-5-4-6-16-9-11/h7-8,11,16-17H,4-6,9-10H2,1-3H3. The fourth-order valence-corrected chi connectivity index (χ4v) is 4.05. The van der Waals surface area contributed by atoms with Crippen molar-refractivity contribution in [2.24, 2.45) is 5.92 Å². The van der Waals surface area contributed by atoms with Crippen LogP contribution in [0.15, 0.2) is 17.0 Å². The molecule has 1 unspecified atom stereocenters. The summed E-state index contributed by atoms with van der Waals surface area (Å²) < 4.78 is 43.6. The fourth-order valence-electron chi connectivity index (χ4n) is 2.64. The Balaban J connectivity index is 2.26. The summed E-state index contributed by atoms with van der Waals surface area (Å²) in [5.74, 6) is 1.13. The number of sulfonamides is 1. The maximum Gasteiger partial charge on any atom is 0.247 e. The molecule has 0 spiro atoms. The van der Waals surface area contributed by atoms with Crippen LogP contribution in [-0.4, -0.2) is 49.4 Å². The van der Waals surface area contributed by atoms with Gasteiger partial charge in [0.2, 0.25) is 10.0 Å². The summed E-state index contributed by atoms with van der Waals surface area (Å²) >= 11 is 0. The molecule has 23 heavy (non-hydrogen) atoms. The molecule has 1 saturated heterocycles. The molecule has 0 saturated carbocycles. The Morgan fingerprint density at radius 2 is 1.83 bits per heavy atom. The van der Waals surface area contributed by atoms with E-state index in [1.807, 2.05) is 0 Å². The van der Waals surface area contributed by atoms with Crippen LogP contribution in [0.4, 0.5) is 0 Å². The van der Waals surface area contributed by atoms with E-state index in [-0.39, 0.29) is 22.3 Å². The van der Waals surface area contributed by atoms with Crippen LogP contribution in [0.3, 0.4) is 0 Å². The Morgan fingerprint density at radius 1 is 1.17 bits per heavy atom. The molecule has 8 heteroatoms. The van der Waals surface area contributed by atoms with Crippen LogP contribution in [0.25, 0.3) is 0 Å². The van der Waals surface area contributed by atoms with Gasteiger partial charge in [-0.25, -0.2) is 13.1 Å². The zero-order chi connectivity index (χ0) is 16.9. The van der Waals surface area contributed by atoms with E-state index in [4.69, 9.17) is 14.2 Å². The number of hydrogen-bond donors (Lipinski definition) is 2. The molecular formula is C15H24N2O5S. The Hall–Kier alpha value is -1.51. The third-order valence-electron chi connectivity index (χ3n) is 3.90. The molecule has 1 aliphatic heterocycles. The van der Waals surface area contributed by atoms with Gasteiger partial charge >= 0.3 is 0 Å². The minimum Gasteiger partial charge on any atom is -0.496 e. The first-order chi connectivity index (χ1) is 11.0. The molecule has 2 N–H and O–H groups in total. The first-order valence-corrected chi connectivity index (χ1v) is 9.00. The van der Waals surface area contributed by atoms with Gasteiger partial charge in [-0.2, -0.15) is 0 Å². The van der Waals surface area contributed by atoms with Crippen LogP contribution in [-0.2, 0) is 10.0 Å². The lowest BCUT2D eigenvalue weighted by atomic mass is 10.0. The van der Waals surface area contributed by atoms with Crippen LogP contribution in [0.5, 0.6) is 17.2 Å². The van der Waals surface area contributed by atoms with E-state index >= 15 is 0 Å². The number of ether oxygens (including phenoxy) is 3. The van der Waals surface area contributed by atoms with Gasteiger partial charge in [0.05, 0.1) is 21.3 Å². The number of nitrogens with one attached hydrogen (secondary N) is 2. The van der Waals surface area contributed by atoms with E-state index < -0.39 is 10.0 Å². The fraction of sp³-hybridized carbons (Fsp3) is 0.600. The van der Waals surface area contributed by atoms with Crippen molar-refractivity contribution in [2.45, 2.75) is 17.7 Å².